The Morgan fingerprint density at radius 2 is 1.63 bits per heavy atom. The van der Waals surface area contributed by atoms with Gasteiger partial charge in [0.1, 0.15) is 0 Å². The Balaban J connectivity index is 1.53. The summed E-state index contributed by atoms with van der Waals surface area (Å²) in [5.41, 5.74) is 2.64. The van der Waals surface area contributed by atoms with Crippen molar-refractivity contribution in [2.75, 3.05) is 0 Å². The fraction of sp³-hybridized carbons (Fsp3) is 0.725. The van der Waals surface area contributed by atoms with Gasteiger partial charge in [0.25, 0.3) is 11.3 Å². The molecule has 0 amide bonds. The van der Waals surface area contributed by atoms with Gasteiger partial charge >= 0.3 is 5.97 Å². The maximum absolute atomic E-state index is 13.9. The molecular formula is C40H65N5O5S. The molecule has 0 bridgehead atoms. The first-order valence-corrected chi connectivity index (χ1v) is 20.4. The Morgan fingerprint density at radius 3 is 2.27 bits per heavy atom. The minimum absolute atomic E-state index is 0.0245. The SMILES string of the molecule is CCCCCCCCCCC(Oc1ccc(C(C)(C)CC(C)(C)C)cc1OS(=O)NC1CCCCC1c1nnc2cc(C(C)(C)C)[nH]n12)C(=O)O. The van der Waals surface area contributed by atoms with E-state index >= 15 is 0 Å². The molecule has 0 saturated heterocycles. The number of carboxylic acid groups (broad SMARTS) is 1. The summed E-state index contributed by atoms with van der Waals surface area (Å²) in [5.74, 6) is 0.342. The zero-order valence-corrected chi connectivity index (χ0v) is 33.6. The molecule has 10 nitrogen and oxygen atoms in total. The summed E-state index contributed by atoms with van der Waals surface area (Å²) in [6.07, 6.45) is 13.0. The van der Waals surface area contributed by atoms with Crippen molar-refractivity contribution in [2.24, 2.45) is 5.41 Å². The van der Waals surface area contributed by atoms with Crippen LogP contribution in [0.5, 0.6) is 11.5 Å². The lowest BCUT2D eigenvalue weighted by molar-refractivity contribution is -0.145. The van der Waals surface area contributed by atoms with Gasteiger partial charge in [-0.1, -0.05) is 126 Å². The van der Waals surface area contributed by atoms with E-state index < -0.39 is 23.3 Å². The van der Waals surface area contributed by atoms with Gasteiger partial charge in [-0.2, -0.15) is 4.21 Å². The van der Waals surface area contributed by atoms with E-state index in [1.54, 1.807) is 6.07 Å². The number of unbranched alkanes of at least 4 members (excludes halogenated alkanes) is 7. The molecule has 1 aliphatic carbocycles. The molecule has 1 aliphatic rings. The van der Waals surface area contributed by atoms with E-state index in [0.29, 0.717) is 6.42 Å². The van der Waals surface area contributed by atoms with E-state index in [4.69, 9.17) is 8.92 Å². The van der Waals surface area contributed by atoms with E-state index in [1.165, 1.54) is 32.1 Å². The summed E-state index contributed by atoms with van der Waals surface area (Å²) in [6, 6.07) is 7.52. The quantitative estimate of drug-likeness (QED) is 0.105. The number of nitrogens with one attached hydrogen (secondary N) is 2. The molecule has 4 rings (SSSR count). The fourth-order valence-corrected chi connectivity index (χ4v) is 8.47. The monoisotopic (exact) mass is 727 g/mol. The molecule has 4 atom stereocenters. The molecule has 11 heteroatoms. The summed E-state index contributed by atoms with van der Waals surface area (Å²) in [7, 11) is 0. The molecule has 1 fully saturated rings. The smallest absolute Gasteiger partial charge is 0.344 e. The summed E-state index contributed by atoms with van der Waals surface area (Å²) in [4.78, 5) is 12.4. The lowest BCUT2D eigenvalue weighted by Gasteiger charge is -2.33. The first-order chi connectivity index (χ1) is 24.0. The van der Waals surface area contributed by atoms with Crippen LogP contribution < -0.4 is 13.6 Å². The van der Waals surface area contributed by atoms with E-state index in [1.807, 2.05) is 22.7 Å². The first-order valence-electron chi connectivity index (χ1n) is 19.3. The maximum atomic E-state index is 13.9. The number of aliphatic carboxylic acids is 1. The molecule has 1 aromatic carbocycles. The standard InChI is InChI=1S/C40H65N5O5S/c1-10-11-12-13-14-15-16-17-22-32(37(46)47)49-31-24-23-28(40(8,9)27-38(2,3)4)25-33(31)50-51(48)44-30-21-19-18-20-29(30)36-42-41-35-26-34(39(5,6)7)43-45(35)36/h23-26,29-30,32,43-44H,10-22,27H2,1-9H3,(H,46,47). The summed E-state index contributed by atoms with van der Waals surface area (Å²) in [5, 5.41) is 22.6. The molecule has 51 heavy (non-hydrogen) atoms. The van der Waals surface area contributed by atoms with Gasteiger partial charge in [-0.05, 0) is 60.6 Å². The fourth-order valence-electron chi connectivity index (χ4n) is 7.60. The van der Waals surface area contributed by atoms with Gasteiger partial charge in [0.15, 0.2) is 29.1 Å². The number of nitrogens with zero attached hydrogens (tertiary/aromatic N) is 3. The molecule has 1 saturated carbocycles. The normalized spacial score (nSPS) is 18.5. The van der Waals surface area contributed by atoms with Crippen LogP contribution in [0.2, 0.25) is 0 Å². The predicted octanol–water partition coefficient (Wildman–Crippen LogP) is 9.71. The number of benzene rings is 1. The average molecular weight is 728 g/mol. The first kappa shape index (κ1) is 40.8. The van der Waals surface area contributed by atoms with Gasteiger partial charge in [-0.25, -0.2) is 14.0 Å². The number of aromatic nitrogens is 4. The molecular weight excluding hydrogens is 663 g/mol. The highest BCUT2D eigenvalue weighted by Gasteiger charge is 2.34. The van der Waals surface area contributed by atoms with Crippen LogP contribution in [0.4, 0.5) is 0 Å². The number of carbonyl (C=O) groups is 1. The van der Waals surface area contributed by atoms with Gasteiger partial charge in [-0.3, -0.25) is 5.10 Å². The second-order valence-corrected chi connectivity index (χ2v) is 18.5. The van der Waals surface area contributed by atoms with Crippen molar-refractivity contribution in [3.63, 3.8) is 0 Å². The second kappa shape index (κ2) is 17.7. The number of ether oxygens (including phenoxy) is 1. The average Bonchev–Trinajstić information content (AvgIpc) is 3.63. The Hall–Kier alpha value is -2.92. The van der Waals surface area contributed by atoms with Crippen molar-refractivity contribution < 1.29 is 23.0 Å². The Morgan fingerprint density at radius 1 is 0.961 bits per heavy atom. The van der Waals surface area contributed by atoms with E-state index in [0.717, 1.165) is 74.1 Å². The predicted molar refractivity (Wildman–Crippen MR) is 206 cm³/mol. The van der Waals surface area contributed by atoms with Crippen molar-refractivity contribution in [1.29, 1.82) is 0 Å². The van der Waals surface area contributed by atoms with Crippen molar-refractivity contribution in [2.45, 2.75) is 181 Å². The number of H-pyrrole nitrogens is 1. The zero-order chi connectivity index (χ0) is 37.4. The summed E-state index contributed by atoms with van der Waals surface area (Å²) < 4.78 is 31.4. The summed E-state index contributed by atoms with van der Waals surface area (Å²) >= 11 is -1.94. The number of carboxylic acids is 1. The topological polar surface area (TPSA) is 131 Å². The van der Waals surface area contributed by atoms with Crippen molar-refractivity contribution in [3.8, 4) is 11.5 Å². The van der Waals surface area contributed by atoms with Crippen molar-refractivity contribution in [3.05, 3.63) is 41.3 Å². The van der Waals surface area contributed by atoms with Gasteiger partial charge in [-0.15, -0.1) is 10.2 Å². The number of hydrogen-bond acceptors (Lipinski definition) is 6. The molecule has 3 N–H and O–H groups in total. The molecule has 3 aromatic rings. The Kier molecular flexibility index (Phi) is 14.2. The van der Waals surface area contributed by atoms with Crippen LogP contribution in [0.3, 0.4) is 0 Å². The van der Waals surface area contributed by atoms with Crippen molar-refractivity contribution in [1.82, 2.24) is 24.5 Å². The molecule has 0 aliphatic heterocycles. The van der Waals surface area contributed by atoms with Gasteiger partial charge in [0.05, 0.1) is 0 Å². The Labute approximate surface area is 309 Å². The van der Waals surface area contributed by atoms with Crippen LogP contribution in [0, 0.1) is 5.41 Å². The lowest BCUT2D eigenvalue weighted by Crippen LogP contribution is -2.40. The number of hydrogen-bond donors (Lipinski definition) is 3. The van der Waals surface area contributed by atoms with E-state index in [-0.39, 0.29) is 39.7 Å². The largest absolute Gasteiger partial charge is 0.479 e. The zero-order valence-electron chi connectivity index (χ0n) is 32.8. The second-order valence-electron chi connectivity index (χ2n) is 17.6. The van der Waals surface area contributed by atoms with Gasteiger partial charge < -0.3 is 14.0 Å². The van der Waals surface area contributed by atoms with E-state index in [9.17, 15) is 14.1 Å². The van der Waals surface area contributed by atoms with Crippen LogP contribution in [0.15, 0.2) is 24.3 Å². The molecule has 0 spiro atoms. The van der Waals surface area contributed by atoms with Crippen LogP contribution in [-0.2, 0) is 26.9 Å². The minimum atomic E-state index is -1.94. The van der Waals surface area contributed by atoms with Crippen LogP contribution >= 0.6 is 0 Å². The van der Waals surface area contributed by atoms with E-state index in [2.05, 4.69) is 82.3 Å². The lowest BCUT2D eigenvalue weighted by atomic mass is 9.72. The van der Waals surface area contributed by atoms with Crippen LogP contribution in [0.25, 0.3) is 5.65 Å². The number of aromatic amines is 1. The molecule has 2 aromatic heterocycles. The number of rotatable bonds is 19. The Bertz CT molecular complexity index is 1580. The third kappa shape index (κ3) is 11.8. The maximum Gasteiger partial charge on any atom is 0.344 e. The minimum Gasteiger partial charge on any atom is -0.479 e. The van der Waals surface area contributed by atoms with Gasteiger partial charge in [0, 0.05) is 29.1 Å². The van der Waals surface area contributed by atoms with Crippen LogP contribution in [-0.4, -0.2) is 47.2 Å². The third-order valence-electron chi connectivity index (χ3n) is 10.1. The summed E-state index contributed by atoms with van der Waals surface area (Å²) in [6.45, 7) is 19.7. The van der Waals surface area contributed by atoms with Gasteiger partial charge in [0.2, 0.25) is 0 Å². The third-order valence-corrected chi connectivity index (χ3v) is 10.9. The molecule has 0 radical (unpaired) electrons. The highest BCUT2D eigenvalue weighted by molar-refractivity contribution is 7.78. The number of fused-ring (bicyclic) bond motifs is 1. The molecule has 4 unspecified atom stereocenters. The molecule has 2 heterocycles. The van der Waals surface area contributed by atoms with Crippen molar-refractivity contribution >= 4 is 22.9 Å². The highest BCUT2D eigenvalue weighted by atomic mass is 32.2. The van der Waals surface area contributed by atoms with Crippen LogP contribution in [0.1, 0.15) is 175 Å². The molecule has 286 valence electrons. The highest BCUT2D eigenvalue weighted by Crippen LogP contribution is 2.41.